The van der Waals surface area contributed by atoms with Crippen LogP contribution in [0, 0.1) is 0 Å². The molecule has 10 heteroatoms. The molecule has 0 radical (unpaired) electrons. The molecule has 0 aliphatic carbocycles. The van der Waals surface area contributed by atoms with Crippen LogP contribution in [-0.4, -0.2) is 60.1 Å². The maximum atomic E-state index is 12.9. The average Bonchev–Trinajstić information content (AvgIpc) is 2.77. The van der Waals surface area contributed by atoms with Crippen molar-refractivity contribution in [2.45, 2.75) is 25.8 Å². The molecule has 0 heterocycles. The highest BCUT2D eigenvalue weighted by molar-refractivity contribution is 7.88. The zero-order valence-electron chi connectivity index (χ0n) is 19.6. The summed E-state index contributed by atoms with van der Waals surface area (Å²) in [5, 5.41) is 2.78. The molecular formula is C23H32N2O7S. The molecule has 0 aromatic heterocycles. The number of methoxy groups -OCH3 is 2. The lowest BCUT2D eigenvalue weighted by Gasteiger charge is -2.28. The van der Waals surface area contributed by atoms with Crippen LogP contribution in [-0.2, 0) is 21.2 Å². The zero-order valence-corrected chi connectivity index (χ0v) is 20.5. The summed E-state index contributed by atoms with van der Waals surface area (Å²) in [6.07, 6.45) is 1.51. The summed E-state index contributed by atoms with van der Waals surface area (Å²) in [4.78, 5) is 12.9. The molecule has 9 nitrogen and oxygen atoms in total. The number of nitrogens with one attached hydrogen (secondary N) is 2. The maximum Gasteiger partial charge on any atom is 0.244 e. The van der Waals surface area contributed by atoms with Crippen molar-refractivity contribution in [3.63, 3.8) is 0 Å². The van der Waals surface area contributed by atoms with Crippen LogP contribution in [0.2, 0.25) is 0 Å². The molecule has 1 unspecified atom stereocenters. The predicted octanol–water partition coefficient (Wildman–Crippen LogP) is 2.15. The summed E-state index contributed by atoms with van der Waals surface area (Å²) in [5.41, 5.74) is -0.583. The Balaban J connectivity index is 2.03. The number of rotatable bonds is 13. The largest absolute Gasteiger partial charge is 0.494 e. The summed E-state index contributed by atoms with van der Waals surface area (Å²) < 4.78 is 47.9. The van der Waals surface area contributed by atoms with Gasteiger partial charge in [-0.15, -0.1) is 0 Å². The van der Waals surface area contributed by atoms with Gasteiger partial charge < -0.3 is 24.3 Å². The van der Waals surface area contributed by atoms with E-state index in [4.69, 9.17) is 18.9 Å². The van der Waals surface area contributed by atoms with E-state index in [0.717, 1.165) is 11.8 Å². The second kappa shape index (κ2) is 11.8. The van der Waals surface area contributed by atoms with Gasteiger partial charge in [-0.25, -0.2) is 8.42 Å². The van der Waals surface area contributed by atoms with Crippen LogP contribution in [0.25, 0.3) is 0 Å². The maximum absolute atomic E-state index is 12.9. The smallest absolute Gasteiger partial charge is 0.244 e. The summed E-state index contributed by atoms with van der Waals surface area (Å²) >= 11 is 0. The van der Waals surface area contributed by atoms with Crippen LogP contribution in [0.1, 0.15) is 19.4 Å². The third-order valence-corrected chi connectivity index (χ3v) is 5.54. The van der Waals surface area contributed by atoms with Crippen molar-refractivity contribution in [2.24, 2.45) is 0 Å². The molecule has 0 saturated heterocycles. The molecule has 33 heavy (non-hydrogen) atoms. The quantitative estimate of drug-likeness (QED) is 0.452. The molecule has 2 aromatic rings. The van der Waals surface area contributed by atoms with Crippen LogP contribution in [0.5, 0.6) is 23.0 Å². The van der Waals surface area contributed by atoms with E-state index in [1.54, 1.807) is 44.6 Å². The number of sulfonamides is 1. The van der Waals surface area contributed by atoms with Gasteiger partial charge in [0.25, 0.3) is 0 Å². The molecule has 1 amide bonds. The fourth-order valence-corrected chi connectivity index (χ4v) is 4.10. The van der Waals surface area contributed by atoms with Crippen molar-refractivity contribution in [1.29, 1.82) is 0 Å². The van der Waals surface area contributed by atoms with E-state index in [0.29, 0.717) is 42.6 Å². The fourth-order valence-electron chi connectivity index (χ4n) is 3.13. The lowest BCUT2D eigenvalue weighted by molar-refractivity contribution is -0.127. The third kappa shape index (κ3) is 8.14. The van der Waals surface area contributed by atoms with Gasteiger partial charge in [-0.2, -0.15) is 4.72 Å². The molecule has 2 rings (SSSR count). The molecule has 2 N–H and O–H groups in total. The van der Waals surface area contributed by atoms with E-state index >= 15 is 0 Å². The Labute approximate surface area is 195 Å². The molecule has 2 aromatic carbocycles. The van der Waals surface area contributed by atoms with Crippen LogP contribution < -0.4 is 29.0 Å². The van der Waals surface area contributed by atoms with E-state index in [-0.39, 0.29) is 6.61 Å². The third-order valence-electron chi connectivity index (χ3n) is 4.72. The Morgan fingerprint density at radius 1 is 0.970 bits per heavy atom. The van der Waals surface area contributed by atoms with Crippen LogP contribution in [0.15, 0.2) is 42.5 Å². The summed E-state index contributed by atoms with van der Waals surface area (Å²) in [7, 11) is -0.570. The molecule has 1 atom stereocenters. The average molecular weight is 481 g/mol. The van der Waals surface area contributed by atoms with E-state index < -0.39 is 21.5 Å². The highest BCUT2D eigenvalue weighted by atomic mass is 32.2. The monoisotopic (exact) mass is 480 g/mol. The first-order valence-electron chi connectivity index (χ1n) is 10.4. The van der Waals surface area contributed by atoms with E-state index in [1.165, 1.54) is 6.92 Å². The Hall–Kier alpha value is -2.98. The SMILES string of the molecule is CCOc1ccc(OCC(C)(NS(C)(=O)=O)C(=O)NCCc2ccc(OC)c(OC)c2)cc1. The number of carbonyl (C=O) groups is 1. The van der Waals surface area contributed by atoms with Gasteiger partial charge >= 0.3 is 0 Å². The standard InChI is InChI=1S/C23H32N2O7S/c1-6-31-18-8-10-19(11-9-18)32-16-23(2,25-33(5,27)28)22(26)24-14-13-17-7-12-20(29-3)21(15-17)30-4/h7-12,15,25H,6,13-14,16H2,1-5H3,(H,24,26). The first kappa shape index (κ1) is 26.3. The summed E-state index contributed by atoms with van der Waals surface area (Å²) in [6.45, 7) is 4.00. The van der Waals surface area contributed by atoms with Crippen molar-refractivity contribution in [2.75, 3.05) is 40.2 Å². The minimum atomic E-state index is -3.68. The lowest BCUT2D eigenvalue weighted by atomic mass is 10.0. The molecule has 182 valence electrons. The van der Waals surface area contributed by atoms with E-state index in [1.807, 2.05) is 19.1 Å². The van der Waals surface area contributed by atoms with Gasteiger partial charge in [0.1, 0.15) is 23.6 Å². The van der Waals surface area contributed by atoms with Crippen LogP contribution in [0.3, 0.4) is 0 Å². The number of hydrogen-bond acceptors (Lipinski definition) is 7. The van der Waals surface area contributed by atoms with E-state index in [9.17, 15) is 13.2 Å². The minimum Gasteiger partial charge on any atom is -0.494 e. The summed E-state index contributed by atoms with van der Waals surface area (Å²) in [5.74, 6) is 1.88. The van der Waals surface area contributed by atoms with E-state index in [2.05, 4.69) is 10.0 Å². The lowest BCUT2D eigenvalue weighted by Crippen LogP contribution is -2.60. The topological polar surface area (TPSA) is 112 Å². The number of benzene rings is 2. The molecule has 0 fully saturated rings. The number of amides is 1. The van der Waals surface area contributed by atoms with Crippen LogP contribution in [0.4, 0.5) is 0 Å². The highest BCUT2D eigenvalue weighted by Crippen LogP contribution is 2.27. The fraction of sp³-hybridized carbons (Fsp3) is 0.435. The minimum absolute atomic E-state index is 0.198. The number of carbonyl (C=O) groups excluding carboxylic acids is 1. The molecule has 0 saturated carbocycles. The van der Waals surface area contributed by atoms with Gasteiger partial charge in [-0.05, 0) is 62.2 Å². The highest BCUT2D eigenvalue weighted by Gasteiger charge is 2.37. The van der Waals surface area contributed by atoms with Crippen molar-refractivity contribution in [1.82, 2.24) is 10.0 Å². The molecule has 0 aliphatic heterocycles. The molecule has 0 spiro atoms. The molecule has 0 bridgehead atoms. The van der Waals surface area contributed by atoms with Crippen molar-refractivity contribution in [3.8, 4) is 23.0 Å². The van der Waals surface area contributed by atoms with Gasteiger partial charge in [0.2, 0.25) is 15.9 Å². The van der Waals surface area contributed by atoms with Gasteiger partial charge in [-0.1, -0.05) is 6.07 Å². The summed E-state index contributed by atoms with van der Waals surface area (Å²) in [6, 6.07) is 12.4. The first-order valence-corrected chi connectivity index (χ1v) is 12.3. The van der Waals surface area contributed by atoms with Gasteiger partial charge in [0.15, 0.2) is 11.5 Å². The number of ether oxygens (including phenoxy) is 4. The Kier molecular flexibility index (Phi) is 9.36. The molecular weight excluding hydrogens is 448 g/mol. The Morgan fingerprint density at radius 2 is 1.58 bits per heavy atom. The van der Waals surface area contributed by atoms with Gasteiger partial charge in [0, 0.05) is 6.54 Å². The molecule has 0 aliphatic rings. The van der Waals surface area contributed by atoms with Gasteiger partial charge in [0.05, 0.1) is 27.1 Å². The second-order valence-electron chi connectivity index (χ2n) is 7.59. The first-order chi connectivity index (χ1) is 15.6. The van der Waals surface area contributed by atoms with Crippen LogP contribution >= 0.6 is 0 Å². The number of hydrogen-bond donors (Lipinski definition) is 2. The van der Waals surface area contributed by atoms with Crippen molar-refractivity contribution >= 4 is 15.9 Å². The normalized spacial score (nSPS) is 13.0. The second-order valence-corrected chi connectivity index (χ2v) is 9.34. The van der Waals surface area contributed by atoms with Gasteiger partial charge in [-0.3, -0.25) is 4.79 Å². The van der Waals surface area contributed by atoms with Crippen molar-refractivity contribution in [3.05, 3.63) is 48.0 Å². The van der Waals surface area contributed by atoms with Crippen molar-refractivity contribution < 1.29 is 32.2 Å². The Morgan fingerprint density at radius 3 is 2.12 bits per heavy atom. The zero-order chi connectivity index (χ0) is 24.5. The Bertz CT molecular complexity index is 1030. The predicted molar refractivity (Wildman–Crippen MR) is 126 cm³/mol.